The molecular weight excluding hydrogens is 268 g/mol. The molecule has 0 amide bonds. The minimum atomic E-state index is 0.793. The van der Waals surface area contributed by atoms with Gasteiger partial charge in [0.15, 0.2) is 0 Å². The van der Waals surface area contributed by atoms with E-state index in [9.17, 15) is 0 Å². The zero-order chi connectivity index (χ0) is 13.9. The molecule has 2 aliphatic rings. The minimum absolute atomic E-state index is 0.793. The maximum absolute atomic E-state index is 5.56. The number of nitrogens with zero attached hydrogens (tertiary/aromatic N) is 2. The molecule has 0 unspecified atom stereocenters. The SMILES string of the molecule is CN1C(=S)/C(=C\N2CCOCC2)C=C1c1ccccc1. The van der Waals surface area contributed by atoms with Crippen molar-refractivity contribution in [2.75, 3.05) is 33.4 Å². The number of thiocarbonyl (C=S) groups is 1. The molecule has 1 fully saturated rings. The monoisotopic (exact) mass is 286 g/mol. The van der Waals surface area contributed by atoms with E-state index in [-0.39, 0.29) is 0 Å². The van der Waals surface area contributed by atoms with Crippen LogP contribution in [0.15, 0.2) is 48.2 Å². The lowest BCUT2D eigenvalue weighted by Crippen LogP contribution is -2.32. The van der Waals surface area contributed by atoms with Crippen LogP contribution in [0.25, 0.3) is 5.70 Å². The van der Waals surface area contributed by atoms with Crippen LogP contribution in [0.2, 0.25) is 0 Å². The Morgan fingerprint density at radius 3 is 2.55 bits per heavy atom. The van der Waals surface area contributed by atoms with Crippen molar-refractivity contribution >= 4 is 22.9 Å². The zero-order valence-electron chi connectivity index (χ0n) is 11.6. The molecule has 0 atom stereocenters. The van der Waals surface area contributed by atoms with E-state index in [1.54, 1.807) is 0 Å². The van der Waals surface area contributed by atoms with Crippen molar-refractivity contribution in [3.05, 3.63) is 53.7 Å². The molecule has 2 aliphatic heterocycles. The highest BCUT2D eigenvalue weighted by molar-refractivity contribution is 7.80. The Hall–Kier alpha value is -1.65. The average Bonchev–Trinajstić information content (AvgIpc) is 2.78. The molecule has 0 aliphatic carbocycles. The highest BCUT2D eigenvalue weighted by atomic mass is 32.1. The predicted octanol–water partition coefficient (Wildman–Crippen LogP) is 2.52. The third-order valence-corrected chi connectivity index (χ3v) is 4.15. The molecule has 0 bridgehead atoms. The van der Waals surface area contributed by atoms with Crippen molar-refractivity contribution in [1.82, 2.24) is 9.80 Å². The number of likely N-dealkylation sites (N-methyl/N-ethyl adjacent to an activating group) is 1. The molecule has 4 heteroatoms. The van der Waals surface area contributed by atoms with Crippen molar-refractivity contribution in [2.24, 2.45) is 0 Å². The first-order valence-electron chi connectivity index (χ1n) is 6.84. The number of hydrogen-bond donors (Lipinski definition) is 0. The molecule has 3 rings (SSSR count). The van der Waals surface area contributed by atoms with Crippen LogP contribution in [0.5, 0.6) is 0 Å². The molecule has 1 saturated heterocycles. The number of morpholine rings is 1. The van der Waals surface area contributed by atoms with E-state index >= 15 is 0 Å². The molecule has 0 N–H and O–H groups in total. The Morgan fingerprint density at radius 2 is 1.85 bits per heavy atom. The van der Waals surface area contributed by atoms with Crippen molar-refractivity contribution in [3.63, 3.8) is 0 Å². The summed E-state index contributed by atoms with van der Waals surface area (Å²) in [7, 11) is 2.03. The lowest BCUT2D eigenvalue weighted by atomic mass is 10.1. The second kappa shape index (κ2) is 5.77. The summed E-state index contributed by atoms with van der Waals surface area (Å²) in [5.74, 6) is 0. The normalized spacial score (nSPS) is 21.6. The van der Waals surface area contributed by atoms with Gasteiger partial charge in [-0.3, -0.25) is 0 Å². The second-order valence-electron chi connectivity index (χ2n) is 4.99. The van der Waals surface area contributed by atoms with Crippen LogP contribution in [0.4, 0.5) is 0 Å². The van der Waals surface area contributed by atoms with Crippen LogP contribution < -0.4 is 0 Å². The summed E-state index contributed by atoms with van der Waals surface area (Å²) in [6, 6.07) is 10.4. The first kappa shape index (κ1) is 13.3. The van der Waals surface area contributed by atoms with Crippen LogP contribution in [0, 0.1) is 0 Å². The number of rotatable bonds is 2. The Balaban J connectivity index is 1.87. The Labute approximate surface area is 125 Å². The first-order chi connectivity index (χ1) is 9.75. The van der Waals surface area contributed by atoms with Gasteiger partial charge in [0.1, 0.15) is 4.99 Å². The molecule has 3 nitrogen and oxygen atoms in total. The van der Waals surface area contributed by atoms with Gasteiger partial charge in [0, 0.05) is 37.6 Å². The zero-order valence-corrected chi connectivity index (χ0v) is 12.4. The summed E-state index contributed by atoms with van der Waals surface area (Å²) < 4.78 is 5.37. The number of benzene rings is 1. The maximum atomic E-state index is 5.56. The van der Waals surface area contributed by atoms with Gasteiger partial charge in [0.25, 0.3) is 0 Å². The van der Waals surface area contributed by atoms with Gasteiger partial charge in [-0.2, -0.15) is 0 Å². The second-order valence-corrected chi connectivity index (χ2v) is 5.38. The summed E-state index contributed by atoms with van der Waals surface area (Å²) in [5.41, 5.74) is 3.47. The largest absolute Gasteiger partial charge is 0.378 e. The predicted molar refractivity (Wildman–Crippen MR) is 85.3 cm³/mol. The lowest BCUT2D eigenvalue weighted by Gasteiger charge is -2.26. The van der Waals surface area contributed by atoms with Crippen LogP contribution in [-0.2, 0) is 4.74 Å². The molecule has 0 saturated carbocycles. The van der Waals surface area contributed by atoms with Gasteiger partial charge in [0.2, 0.25) is 0 Å². The van der Waals surface area contributed by atoms with Crippen LogP contribution in [-0.4, -0.2) is 48.1 Å². The lowest BCUT2D eigenvalue weighted by molar-refractivity contribution is 0.0592. The van der Waals surface area contributed by atoms with E-state index in [1.807, 2.05) is 13.1 Å². The van der Waals surface area contributed by atoms with Gasteiger partial charge >= 0.3 is 0 Å². The minimum Gasteiger partial charge on any atom is -0.378 e. The molecule has 2 heterocycles. The van der Waals surface area contributed by atoms with Crippen molar-refractivity contribution < 1.29 is 4.74 Å². The van der Waals surface area contributed by atoms with E-state index in [0.29, 0.717) is 0 Å². The molecular formula is C16H18N2OS. The highest BCUT2D eigenvalue weighted by Gasteiger charge is 2.23. The van der Waals surface area contributed by atoms with Gasteiger partial charge < -0.3 is 14.5 Å². The highest BCUT2D eigenvalue weighted by Crippen LogP contribution is 2.29. The molecule has 0 radical (unpaired) electrons. The third-order valence-electron chi connectivity index (χ3n) is 3.64. The van der Waals surface area contributed by atoms with E-state index in [4.69, 9.17) is 17.0 Å². The van der Waals surface area contributed by atoms with Gasteiger partial charge in [-0.05, 0) is 11.6 Å². The Morgan fingerprint density at radius 1 is 1.15 bits per heavy atom. The van der Waals surface area contributed by atoms with E-state index in [0.717, 1.165) is 42.6 Å². The van der Waals surface area contributed by atoms with Crippen molar-refractivity contribution in [2.45, 2.75) is 0 Å². The molecule has 0 spiro atoms. The molecule has 0 aromatic heterocycles. The average molecular weight is 286 g/mol. The van der Waals surface area contributed by atoms with E-state index in [1.165, 1.54) is 5.56 Å². The summed E-state index contributed by atoms with van der Waals surface area (Å²) in [6.45, 7) is 3.46. The van der Waals surface area contributed by atoms with Crippen molar-refractivity contribution in [1.29, 1.82) is 0 Å². The maximum Gasteiger partial charge on any atom is 0.114 e. The fourth-order valence-electron chi connectivity index (χ4n) is 2.49. The summed E-state index contributed by atoms with van der Waals surface area (Å²) in [6.07, 6.45) is 4.34. The van der Waals surface area contributed by atoms with Gasteiger partial charge in [-0.1, -0.05) is 42.5 Å². The molecule has 1 aromatic carbocycles. The Bertz CT molecular complexity index is 559. The van der Waals surface area contributed by atoms with Crippen LogP contribution in [0.3, 0.4) is 0 Å². The van der Waals surface area contributed by atoms with Crippen LogP contribution >= 0.6 is 12.2 Å². The van der Waals surface area contributed by atoms with Gasteiger partial charge in [-0.25, -0.2) is 0 Å². The quantitative estimate of drug-likeness (QED) is 0.613. The fraction of sp³-hybridized carbons (Fsp3) is 0.312. The summed E-state index contributed by atoms with van der Waals surface area (Å²) in [5, 5.41) is 0. The van der Waals surface area contributed by atoms with Crippen LogP contribution in [0.1, 0.15) is 5.56 Å². The Kier molecular flexibility index (Phi) is 3.85. The summed E-state index contributed by atoms with van der Waals surface area (Å²) >= 11 is 5.56. The number of hydrogen-bond acceptors (Lipinski definition) is 3. The number of ether oxygens (including phenoxy) is 1. The topological polar surface area (TPSA) is 15.7 Å². The third kappa shape index (κ3) is 2.62. The fourth-order valence-corrected chi connectivity index (χ4v) is 2.70. The molecule has 20 heavy (non-hydrogen) atoms. The summed E-state index contributed by atoms with van der Waals surface area (Å²) in [4.78, 5) is 5.25. The van der Waals surface area contributed by atoms with Crippen molar-refractivity contribution in [3.8, 4) is 0 Å². The molecule has 1 aromatic rings. The van der Waals surface area contributed by atoms with Gasteiger partial charge in [-0.15, -0.1) is 0 Å². The van der Waals surface area contributed by atoms with E-state index in [2.05, 4.69) is 46.3 Å². The van der Waals surface area contributed by atoms with E-state index < -0.39 is 0 Å². The van der Waals surface area contributed by atoms with Gasteiger partial charge in [0.05, 0.1) is 13.2 Å². The molecule has 104 valence electrons. The standard InChI is InChI=1S/C16H18N2OS/c1-17-15(13-5-3-2-4-6-13)11-14(16(17)20)12-18-7-9-19-10-8-18/h2-6,11-12H,7-10H2,1H3/b14-12-. The first-order valence-corrected chi connectivity index (χ1v) is 7.25. The smallest absolute Gasteiger partial charge is 0.114 e.